The maximum absolute atomic E-state index is 12.6. The summed E-state index contributed by atoms with van der Waals surface area (Å²) in [5.74, 6) is -0.131. The molecule has 0 saturated carbocycles. The highest BCUT2D eigenvalue weighted by molar-refractivity contribution is 7.15. The molecule has 1 aliphatic carbocycles. The van der Waals surface area contributed by atoms with Gasteiger partial charge in [-0.1, -0.05) is 30.4 Å². The van der Waals surface area contributed by atoms with Crippen molar-refractivity contribution in [2.75, 3.05) is 5.32 Å². The van der Waals surface area contributed by atoms with E-state index in [4.69, 9.17) is 0 Å². The zero-order valence-electron chi connectivity index (χ0n) is 13.0. The van der Waals surface area contributed by atoms with Crippen molar-refractivity contribution in [2.24, 2.45) is 0 Å². The third kappa shape index (κ3) is 2.53. The molecule has 0 bridgehead atoms. The molecule has 23 heavy (non-hydrogen) atoms. The molecule has 1 aromatic carbocycles. The maximum Gasteiger partial charge on any atom is 0.259 e. The van der Waals surface area contributed by atoms with Crippen LogP contribution in [0.15, 0.2) is 18.2 Å². The molecule has 3 aromatic rings. The normalized spacial score (nSPS) is 14.0. The Morgan fingerprint density at radius 2 is 2.17 bits per heavy atom. The molecule has 1 amide bonds. The third-order valence-electron chi connectivity index (χ3n) is 4.37. The molecular weight excluding hydrogens is 308 g/mol. The first-order valence-corrected chi connectivity index (χ1v) is 8.84. The van der Waals surface area contributed by atoms with Crippen LogP contribution in [0.4, 0.5) is 5.13 Å². The average Bonchev–Trinajstić information content (AvgIpc) is 3.18. The lowest BCUT2D eigenvalue weighted by Gasteiger charge is -2.10. The van der Waals surface area contributed by atoms with Crippen LogP contribution in [-0.4, -0.2) is 21.1 Å². The predicted molar refractivity (Wildman–Crippen MR) is 92.2 cm³/mol. The summed E-state index contributed by atoms with van der Waals surface area (Å²) in [7, 11) is 0. The van der Waals surface area contributed by atoms with Gasteiger partial charge in [-0.15, -0.1) is 10.2 Å². The Morgan fingerprint density at radius 3 is 3.00 bits per heavy atom. The Bertz CT molecular complexity index is 880. The summed E-state index contributed by atoms with van der Waals surface area (Å²) < 4.78 is 0. The van der Waals surface area contributed by atoms with Crippen molar-refractivity contribution in [3.8, 4) is 0 Å². The number of carbonyl (C=O) groups is 1. The Kier molecular flexibility index (Phi) is 3.61. The van der Waals surface area contributed by atoms with E-state index in [1.807, 2.05) is 19.1 Å². The van der Waals surface area contributed by atoms with Gasteiger partial charge in [0.25, 0.3) is 5.91 Å². The summed E-state index contributed by atoms with van der Waals surface area (Å²) in [6.45, 7) is 2.02. The lowest BCUT2D eigenvalue weighted by molar-refractivity contribution is 0.102. The van der Waals surface area contributed by atoms with E-state index in [9.17, 15) is 4.79 Å². The summed E-state index contributed by atoms with van der Waals surface area (Å²) >= 11 is 1.42. The minimum absolute atomic E-state index is 0.131. The van der Waals surface area contributed by atoms with Crippen molar-refractivity contribution in [3.05, 3.63) is 40.0 Å². The minimum Gasteiger partial charge on any atom is -0.358 e. The van der Waals surface area contributed by atoms with Gasteiger partial charge < -0.3 is 4.98 Å². The largest absolute Gasteiger partial charge is 0.358 e. The number of aromatic nitrogens is 3. The van der Waals surface area contributed by atoms with Crippen LogP contribution >= 0.6 is 11.3 Å². The summed E-state index contributed by atoms with van der Waals surface area (Å²) in [5, 5.41) is 13.6. The highest BCUT2D eigenvalue weighted by Crippen LogP contribution is 2.31. The summed E-state index contributed by atoms with van der Waals surface area (Å²) in [6.07, 6.45) is 5.43. The lowest BCUT2D eigenvalue weighted by atomic mass is 9.95. The van der Waals surface area contributed by atoms with Gasteiger partial charge >= 0.3 is 0 Å². The molecule has 4 rings (SSSR count). The Labute approximate surface area is 138 Å². The lowest BCUT2D eigenvalue weighted by Crippen LogP contribution is -2.12. The van der Waals surface area contributed by atoms with Gasteiger partial charge in [-0.25, -0.2) is 0 Å². The number of anilines is 1. The quantitative estimate of drug-likeness (QED) is 0.771. The number of hydrogen-bond donors (Lipinski definition) is 2. The van der Waals surface area contributed by atoms with Crippen molar-refractivity contribution < 1.29 is 4.79 Å². The third-order valence-corrected chi connectivity index (χ3v) is 5.35. The van der Waals surface area contributed by atoms with Gasteiger partial charge in [-0.05, 0) is 43.7 Å². The molecule has 2 heterocycles. The van der Waals surface area contributed by atoms with Crippen LogP contribution < -0.4 is 5.32 Å². The van der Waals surface area contributed by atoms with E-state index < -0.39 is 0 Å². The smallest absolute Gasteiger partial charge is 0.259 e. The fraction of sp³-hybridized carbons (Fsp3) is 0.353. The van der Waals surface area contributed by atoms with E-state index in [1.165, 1.54) is 40.8 Å². The first-order chi connectivity index (χ1) is 11.3. The number of para-hydroxylation sites is 1. The molecule has 0 atom stereocenters. The van der Waals surface area contributed by atoms with E-state index in [0.29, 0.717) is 10.7 Å². The van der Waals surface area contributed by atoms with Crippen molar-refractivity contribution >= 4 is 33.3 Å². The second-order valence-electron chi connectivity index (χ2n) is 5.83. The zero-order chi connectivity index (χ0) is 15.8. The van der Waals surface area contributed by atoms with E-state index in [1.54, 1.807) is 0 Å². The number of aryl methyl sites for hydroxylation is 3. The number of aromatic amines is 1. The Morgan fingerprint density at radius 1 is 1.30 bits per heavy atom. The van der Waals surface area contributed by atoms with Crippen LogP contribution in [0, 0.1) is 0 Å². The molecule has 0 saturated heterocycles. The zero-order valence-corrected chi connectivity index (χ0v) is 13.8. The van der Waals surface area contributed by atoms with Gasteiger partial charge in [0.15, 0.2) is 0 Å². The molecule has 2 aromatic heterocycles. The average molecular weight is 326 g/mol. The Hall–Kier alpha value is -2.21. The first-order valence-electron chi connectivity index (χ1n) is 8.02. The summed E-state index contributed by atoms with van der Waals surface area (Å²) in [4.78, 5) is 16.1. The number of rotatable bonds is 3. The second kappa shape index (κ2) is 5.77. The molecule has 2 N–H and O–H groups in total. The number of hydrogen-bond acceptors (Lipinski definition) is 4. The van der Waals surface area contributed by atoms with Crippen LogP contribution in [0.5, 0.6) is 0 Å². The SMILES string of the molecule is CCc1nnc(NC(=O)c2cccc3c4c([nH]c23)CCCC4)s1. The van der Waals surface area contributed by atoms with Crippen LogP contribution in [0.1, 0.15) is 46.4 Å². The van der Waals surface area contributed by atoms with Gasteiger partial charge in [0.05, 0.1) is 11.1 Å². The van der Waals surface area contributed by atoms with Gasteiger partial charge in [0, 0.05) is 11.1 Å². The standard InChI is InChI=1S/C17H18N4OS/c1-2-14-20-21-17(23-14)19-16(22)12-8-5-7-11-10-6-3-4-9-13(10)18-15(11)12/h5,7-8,18H,2-4,6,9H2,1H3,(H,19,21,22). The topological polar surface area (TPSA) is 70.7 Å². The molecule has 5 nitrogen and oxygen atoms in total. The minimum atomic E-state index is -0.131. The van der Waals surface area contributed by atoms with Crippen molar-refractivity contribution in [3.63, 3.8) is 0 Å². The summed E-state index contributed by atoms with van der Waals surface area (Å²) in [6, 6.07) is 5.92. The Balaban J connectivity index is 1.70. The van der Waals surface area contributed by atoms with Crippen LogP contribution in [0.3, 0.4) is 0 Å². The molecule has 0 unspecified atom stereocenters. The van der Waals surface area contributed by atoms with Crippen molar-refractivity contribution in [1.29, 1.82) is 0 Å². The first kappa shape index (κ1) is 14.4. The van der Waals surface area contributed by atoms with Crippen molar-refractivity contribution in [2.45, 2.75) is 39.0 Å². The van der Waals surface area contributed by atoms with Crippen molar-refractivity contribution in [1.82, 2.24) is 15.2 Å². The number of amides is 1. The molecular formula is C17H18N4OS. The monoisotopic (exact) mass is 326 g/mol. The summed E-state index contributed by atoms with van der Waals surface area (Å²) in [5.41, 5.74) is 4.28. The number of fused-ring (bicyclic) bond motifs is 3. The number of benzene rings is 1. The molecule has 118 valence electrons. The molecule has 0 radical (unpaired) electrons. The second-order valence-corrected chi connectivity index (χ2v) is 6.89. The van der Waals surface area contributed by atoms with Gasteiger partial charge in [0.2, 0.25) is 5.13 Å². The predicted octanol–water partition coefficient (Wildman–Crippen LogP) is 3.71. The molecule has 1 aliphatic rings. The fourth-order valence-corrected chi connectivity index (χ4v) is 3.91. The van der Waals surface area contributed by atoms with Crippen LogP contribution in [0.2, 0.25) is 0 Å². The number of nitrogens with zero attached hydrogens (tertiary/aromatic N) is 2. The molecule has 6 heteroatoms. The number of H-pyrrole nitrogens is 1. The van der Waals surface area contributed by atoms with Gasteiger partial charge in [-0.3, -0.25) is 10.1 Å². The van der Waals surface area contributed by atoms with E-state index >= 15 is 0 Å². The van der Waals surface area contributed by atoms with Crippen LogP contribution in [-0.2, 0) is 19.3 Å². The highest BCUT2D eigenvalue weighted by atomic mass is 32.1. The van der Waals surface area contributed by atoms with E-state index in [2.05, 4.69) is 26.6 Å². The molecule has 0 fully saturated rings. The van der Waals surface area contributed by atoms with E-state index in [0.717, 1.165) is 29.8 Å². The highest BCUT2D eigenvalue weighted by Gasteiger charge is 2.19. The molecule has 0 aliphatic heterocycles. The van der Waals surface area contributed by atoms with Gasteiger partial charge in [-0.2, -0.15) is 0 Å². The van der Waals surface area contributed by atoms with Crippen LogP contribution in [0.25, 0.3) is 10.9 Å². The van der Waals surface area contributed by atoms with Gasteiger partial charge in [0.1, 0.15) is 5.01 Å². The molecule has 0 spiro atoms. The van der Waals surface area contributed by atoms with E-state index in [-0.39, 0.29) is 5.91 Å². The maximum atomic E-state index is 12.6. The number of carbonyl (C=O) groups excluding carboxylic acids is 1. The fourth-order valence-electron chi connectivity index (χ4n) is 3.23. The number of nitrogens with one attached hydrogen (secondary N) is 2.